The molecule has 324 valence electrons. The third-order valence-electron chi connectivity index (χ3n) is 11.5. The van der Waals surface area contributed by atoms with E-state index in [0.29, 0.717) is 52.1 Å². The van der Waals surface area contributed by atoms with Crippen molar-refractivity contribution in [1.29, 1.82) is 0 Å². The van der Waals surface area contributed by atoms with Gasteiger partial charge in [-0.25, -0.2) is 0 Å². The van der Waals surface area contributed by atoms with E-state index in [1.165, 1.54) is 9.80 Å². The van der Waals surface area contributed by atoms with Gasteiger partial charge in [0.1, 0.15) is 12.1 Å². The van der Waals surface area contributed by atoms with Crippen LogP contribution in [0.3, 0.4) is 0 Å². The van der Waals surface area contributed by atoms with Gasteiger partial charge in [0.25, 0.3) is 11.8 Å². The summed E-state index contributed by atoms with van der Waals surface area (Å²) in [5, 5.41) is 0. The van der Waals surface area contributed by atoms with Crippen LogP contribution in [-0.2, 0) is 73.9 Å². The summed E-state index contributed by atoms with van der Waals surface area (Å²) in [5.41, 5.74) is 3.30. The van der Waals surface area contributed by atoms with Crippen LogP contribution < -0.4 is 0 Å². The van der Waals surface area contributed by atoms with Crippen LogP contribution in [-0.4, -0.2) is 105 Å². The molecule has 8 rings (SSSR count). The lowest BCUT2D eigenvalue weighted by Gasteiger charge is -2.39. The predicted octanol–water partition coefficient (Wildman–Crippen LogP) is 4.99. The lowest BCUT2D eigenvalue weighted by atomic mass is 9.99. The molecule has 6 amide bonds. The van der Waals surface area contributed by atoms with Gasteiger partial charge in [0.05, 0.1) is 39.5 Å². The van der Waals surface area contributed by atoms with Gasteiger partial charge in [0.15, 0.2) is 11.6 Å². The van der Waals surface area contributed by atoms with Crippen molar-refractivity contribution in [3.05, 3.63) is 144 Å². The molecule has 2 atom stereocenters. The summed E-state index contributed by atoms with van der Waals surface area (Å²) in [5.74, 6) is -5.22. The van der Waals surface area contributed by atoms with E-state index in [9.17, 15) is 28.8 Å². The smallest absolute Gasteiger partial charge is 0.319 e. The molecule has 4 aromatic rings. The van der Waals surface area contributed by atoms with Crippen molar-refractivity contribution < 1.29 is 47.7 Å². The first-order chi connectivity index (χ1) is 29.9. The molecule has 4 fully saturated rings. The number of imide groups is 2. The monoisotopic (exact) mass is 844 g/mol. The number of carbonyl (C=O) groups excluding carboxylic acids is 6. The Morgan fingerprint density at radius 2 is 0.694 bits per heavy atom. The summed E-state index contributed by atoms with van der Waals surface area (Å²) in [4.78, 5) is 83.7. The molecule has 0 bridgehead atoms. The molecule has 14 heteroatoms. The van der Waals surface area contributed by atoms with Crippen molar-refractivity contribution in [3.63, 3.8) is 0 Å². The third kappa shape index (κ3) is 10.5. The maximum absolute atomic E-state index is 13.4. The van der Waals surface area contributed by atoms with Gasteiger partial charge in [0, 0.05) is 25.9 Å². The normalized spacial score (nSPS) is 21.1. The Hall–Kier alpha value is -6.06. The van der Waals surface area contributed by atoms with Gasteiger partial charge in [-0.3, -0.25) is 38.6 Å². The minimum Gasteiger partial charge on any atom is -0.348 e. The first-order valence-electron chi connectivity index (χ1n) is 21.0. The van der Waals surface area contributed by atoms with Crippen LogP contribution in [0.5, 0.6) is 0 Å². The molecule has 4 aromatic carbocycles. The van der Waals surface area contributed by atoms with Crippen LogP contribution in [0.25, 0.3) is 0 Å². The average molecular weight is 845 g/mol. The van der Waals surface area contributed by atoms with Gasteiger partial charge in [-0.1, -0.05) is 121 Å². The second kappa shape index (κ2) is 19.8. The maximum atomic E-state index is 13.4. The van der Waals surface area contributed by atoms with Crippen LogP contribution in [0, 0.1) is 0 Å². The first kappa shape index (κ1) is 44.0. The second-order valence-corrected chi connectivity index (χ2v) is 16.0. The van der Waals surface area contributed by atoms with E-state index in [2.05, 4.69) is 0 Å². The Morgan fingerprint density at radius 3 is 0.984 bits per heavy atom. The fraction of sp³-hybridized carbons (Fsp3) is 0.375. The molecule has 4 heterocycles. The summed E-state index contributed by atoms with van der Waals surface area (Å²) < 4.78 is 22.7. The highest BCUT2D eigenvalue weighted by molar-refractivity contribution is 6.40. The third-order valence-corrected chi connectivity index (χ3v) is 11.5. The van der Waals surface area contributed by atoms with E-state index in [-0.39, 0.29) is 38.0 Å². The summed E-state index contributed by atoms with van der Waals surface area (Å²) in [6.45, 7) is 6.21. The molecule has 14 nitrogen and oxygen atoms in total. The SMILES string of the molecule is CC1(CC[C@H]2C(=O)N(Cc3ccccc3)C(=O)C(=O)N2Cc2ccccc2)OCCO1.CC1(CC[C@H]2C(=O)N(Cc3ccccc3)C(=O)C(=O)N2Cc2ccccc2)OCCO1. The fourth-order valence-electron chi connectivity index (χ4n) is 8.10. The molecule has 0 radical (unpaired) electrons. The maximum Gasteiger partial charge on any atom is 0.319 e. The van der Waals surface area contributed by atoms with E-state index >= 15 is 0 Å². The zero-order chi connectivity index (χ0) is 43.7. The van der Waals surface area contributed by atoms with Gasteiger partial charge in [0.2, 0.25) is 0 Å². The van der Waals surface area contributed by atoms with Crippen molar-refractivity contribution in [1.82, 2.24) is 19.6 Å². The summed E-state index contributed by atoms with van der Waals surface area (Å²) in [7, 11) is 0. The molecule has 4 saturated heterocycles. The van der Waals surface area contributed by atoms with Crippen LogP contribution in [0.15, 0.2) is 121 Å². The lowest BCUT2D eigenvalue weighted by Crippen LogP contribution is -2.62. The van der Waals surface area contributed by atoms with Crippen molar-refractivity contribution >= 4 is 35.4 Å². The van der Waals surface area contributed by atoms with Gasteiger partial charge in [-0.15, -0.1) is 0 Å². The standard InChI is InChI=1S/2C24H26N2O5/c2*1-24(30-14-15-31-24)13-12-20-21(27)26(17-19-10-6-3-7-11-19)23(29)22(28)25(20)16-18-8-4-2-5-9-18/h2*2-11,20H,12-17H2,1H3/t2*20-/m00/s1. The van der Waals surface area contributed by atoms with Crippen LogP contribution in [0.2, 0.25) is 0 Å². The largest absolute Gasteiger partial charge is 0.348 e. The van der Waals surface area contributed by atoms with Crippen LogP contribution in [0.1, 0.15) is 61.8 Å². The topological polar surface area (TPSA) is 152 Å². The number of nitrogens with zero attached hydrogens (tertiary/aromatic N) is 4. The summed E-state index contributed by atoms with van der Waals surface area (Å²) in [6, 6.07) is 35.6. The highest BCUT2D eigenvalue weighted by Gasteiger charge is 2.48. The number of ether oxygens (including phenoxy) is 4. The molecule has 0 N–H and O–H groups in total. The van der Waals surface area contributed by atoms with Gasteiger partial charge >= 0.3 is 23.6 Å². The Labute approximate surface area is 361 Å². The quantitative estimate of drug-likeness (QED) is 0.125. The number of rotatable bonds is 14. The van der Waals surface area contributed by atoms with Gasteiger partial charge < -0.3 is 28.7 Å². The Kier molecular flexibility index (Phi) is 14.0. The minimum atomic E-state index is -0.791. The zero-order valence-electron chi connectivity index (χ0n) is 35.1. The minimum absolute atomic E-state index is 0.0736. The van der Waals surface area contributed by atoms with Crippen molar-refractivity contribution in [2.45, 2.75) is 89.4 Å². The molecule has 0 aromatic heterocycles. The molecule has 0 spiro atoms. The number of benzene rings is 4. The van der Waals surface area contributed by atoms with Gasteiger partial charge in [-0.2, -0.15) is 0 Å². The van der Waals surface area contributed by atoms with E-state index in [0.717, 1.165) is 32.1 Å². The van der Waals surface area contributed by atoms with E-state index < -0.39 is 47.3 Å². The first-order valence-corrected chi connectivity index (χ1v) is 21.0. The number of carbonyl (C=O) groups is 6. The number of piperazine rings is 2. The van der Waals surface area contributed by atoms with Crippen molar-refractivity contribution in [3.8, 4) is 0 Å². The summed E-state index contributed by atoms with van der Waals surface area (Å²) in [6.07, 6.45) is 1.56. The molecule has 62 heavy (non-hydrogen) atoms. The number of hydrogen-bond donors (Lipinski definition) is 0. The molecule has 0 saturated carbocycles. The molecule has 0 unspecified atom stereocenters. The number of amides is 6. The Morgan fingerprint density at radius 1 is 0.419 bits per heavy atom. The highest BCUT2D eigenvalue weighted by atomic mass is 16.7. The van der Waals surface area contributed by atoms with Crippen LogP contribution in [0.4, 0.5) is 0 Å². The fourth-order valence-corrected chi connectivity index (χ4v) is 8.10. The van der Waals surface area contributed by atoms with Crippen molar-refractivity contribution in [2.24, 2.45) is 0 Å². The number of hydrogen-bond acceptors (Lipinski definition) is 10. The molecular formula is C48H52N4O10. The van der Waals surface area contributed by atoms with Gasteiger partial charge in [-0.05, 0) is 48.9 Å². The van der Waals surface area contributed by atoms with E-state index in [1.807, 2.05) is 135 Å². The Bertz CT molecular complexity index is 2040. The predicted molar refractivity (Wildman–Crippen MR) is 225 cm³/mol. The second-order valence-electron chi connectivity index (χ2n) is 16.0. The van der Waals surface area contributed by atoms with E-state index in [1.54, 1.807) is 0 Å². The van der Waals surface area contributed by atoms with E-state index in [4.69, 9.17) is 18.9 Å². The molecule has 4 aliphatic rings. The van der Waals surface area contributed by atoms with Crippen molar-refractivity contribution in [2.75, 3.05) is 26.4 Å². The summed E-state index contributed by atoms with van der Waals surface area (Å²) >= 11 is 0. The zero-order valence-corrected chi connectivity index (χ0v) is 35.1. The molecule has 0 aliphatic carbocycles. The highest BCUT2D eigenvalue weighted by Crippen LogP contribution is 2.31. The average Bonchev–Trinajstić information content (AvgIpc) is 3.94. The molecular weight excluding hydrogens is 793 g/mol. The lowest BCUT2D eigenvalue weighted by molar-refractivity contribution is -0.172. The Balaban J connectivity index is 0.000000186. The molecule has 4 aliphatic heterocycles. The van der Waals surface area contributed by atoms with Crippen LogP contribution >= 0.6 is 0 Å².